The van der Waals surface area contributed by atoms with Gasteiger partial charge < -0.3 is 14.5 Å². The van der Waals surface area contributed by atoms with Gasteiger partial charge in [-0.2, -0.15) is 0 Å². The molecule has 1 aromatic carbocycles. The summed E-state index contributed by atoms with van der Waals surface area (Å²) in [6.07, 6.45) is 0. The molecule has 0 aliphatic carbocycles. The van der Waals surface area contributed by atoms with Crippen molar-refractivity contribution in [1.82, 2.24) is 9.80 Å². The Hall–Kier alpha value is -2.64. The number of hydrogen-bond donors (Lipinski definition) is 0. The van der Waals surface area contributed by atoms with Gasteiger partial charge in [-0.3, -0.25) is 19.7 Å². The highest BCUT2D eigenvalue weighted by molar-refractivity contribution is 5.95. The maximum Gasteiger partial charge on any atom is 0.311 e. The average Bonchev–Trinajstić information content (AvgIpc) is 2.60. The Kier molecular flexibility index (Phi) is 5.84. The van der Waals surface area contributed by atoms with E-state index in [0.717, 1.165) is 0 Å². The van der Waals surface area contributed by atoms with E-state index in [4.69, 9.17) is 4.74 Å². The third-order valence-electron chi connectivity index (χ3n) is 4.20. The first kappa shape index (κ1) is 19.7. The van der Waals surface area contributed by atoms with Crippen LogP contribution in [0.5, 0.6) is 5.75 Å². The number of rotatable bonds is 4. The molecular weight excluding hydrogens is 338 g/mol. The van der Waals surface area contributed by atoms with Gasteiger partial charge in [0, 0.05) is 43.2 Å². The SMILES string of the molecule is CCOc1ccc(C(=O)N2CCN(C(=O)C(C)(C)C)CC2)cc1[N+](=O)[O-]. The lowest BCUT2D eigenvalue weighted by molar-refractivity contribution is -0.385. The molecule has 0 bridgehead atoms. The highest BCUT2D eigenvalue weighted by Gasteiger charge is 2.31. The molecule has 0 aromatic heterocycles. The van der Waals surface area contributed by atoms with Crippen molar-refractivity contribution < 1.29 is 19.2 Å². The first-order valence-electron chi connectivity index (χ1n) is 8.65. The maximum atomic E-state index is 12.7. The van der Waals surface area contributed by atoms with Crippen molar-refractivity contribution in [1.29, 1.82) is 0 Å². The largest absolute Gasteiger partial charge is 0.487 e. The van der Waals surface area contributed by atoms with Crippen LogP contribution in [0.4, 0.5) is 5.69 Å². The lowest BCUT2D eigenvalue weighted by atomic mass is 9.94. The first-order chi connectivity index (χ1) is 12.1. The first-order valence-corrected chi connectivity index (χ1v) is 8.65. The van der Waals surface area contributed by atoms with E-state index in [-0.39, 0.29) is 28.8 Å². The summed E-state index contributed by atoms with van der Waals surface area (Å²) in [5.41, 5.74) is -0.433. The van der Waals surface area contributed by atoms with E-state index in [1.54, 1.807) is 16.7 Å². The molecule has 8 nitrogen and oxygen atoms in total. The second kappa shape index (κ2) is 7.72. The van der Waals surface area contributed by atoms with Crippen molar-refractivity contribution in [2.45, 2.75) is 27.7 Å². The fourth-order valence-corrected chi connectivity index (χ4v) is 2.84. The number of nitro benzene ring substituents is 1. The number of carbonyl (C=O) groups is 2. The van der Waals surface area contributed by atoms with E-state index < -0.39 is 10.3 Å². The molecular formula is C18H25N3O5. The quantitative estimate of drug-likeness (QED) is 0.604. The van der Waals surface area contributed by atoms with Gasteiger partial charge in [0.05, 0.1) is 11.5 Å². The Labute approximate surface area is 152 Å². The van der Waals surface area contributed by atoms with Gasteiger partial charge in [0.25, 0.3) is 5.91 Å². The molecule has 0 atom stereocenters. The van der Waals surface area contributed by atoms with Crippen molar-refractivity contribution in [3.05, 3.63) is 33.9 Å². The maximum absolute atomic E-state index is 12.7. The van der Waals surface area contributed by atoms with E-state index in [2.05, 4.69) is 0 Å². The lowest BCUT2D eigenvalue weighted by Crippen LogP contribution is -2.53. The van der Waals surface area contributed by atoms with E-state index in [0.29, 0.717) is 32.8 Å². The number of nitrogens with zero attached hydrogens (tertiary/aromatic N) is 3. The summed E-state index contributed by atoms with van der Waals surface area (Å²) in [7, 11) is 0. The van der Waals surface area contributed by atoms with Crippen LogP contribution in [-0.4, -0.2) is 59.3 Å². The molecule has 1 saturated heterocycles. The van der Waals surface area contributed by atoms with Gasteiger partial charge in [-0.25, -0.2) is 0 Å². The molecule has 8 heteroatoms. The number of benzene rings is 1. The molecule has 1 fully saturated rings. The van der Waals surface area contributed by atoms with Crippen LogP contribution in [0.1, 0.15) is 38.1 Å². The molecule has 0 N–H and O–H groups in total. The summed E-state index contributed by atoms with van der Waals surface area (Å²) < 4.78 is 5.24. The summed E-state index contributed by atoms with van der Waals surface area (Å²) in [5.74, 6) is -0.0741. The minimum absolute atomic E-state index is 0.0568. The van der Waals surface area contributed by atoms with Gasteiger partial charge in [0.1, 0.15) is 0 Å². The number of carbonyl (C=O) groups excluding carboxylic acids is 2. The number of nitro groups is 1. The third-order valence-corrected chi connectivity index (χ3v) is 4.20. The third kappa shape index (κ3) is 4.30. The zero-order valence-electron chi connectivity index (χ0n) is 15.7. The zero-order valence-corrected chi connectivity index (χ0v) is 15.7. The molecule has 0 unspecified atom stereocenters. The monoisotopic (exact) mass is 363 g/mol. The van der Waals surface area contributed by atoms with Gasteiger partial charge in [0.2, 0.25) is 5.91 Å². The van der Waals surface area contributed by atoms with E-state index in [9.17, 15) is 19.7 Å². The Balaban J connectivity index is 2.10. The highest BCUT2D eigenvalue weighted by atomic mass is 16.6. The molecule has 1 aliphatic rings. The number of ether oxygens (including phenoxy) is 1. The lowest BCUT2D eigenvalue weighted by Gasteiger charge is -2.37. The fraction of sp³-hybridized carbons (Fsp3) is 0.556. The van der Waals surface area contributed by atoms with Crippen LogP contribution in [0.15, 0.2) is 18.2 Å². The van der Waals surface area contributed by atoms with E-state index in [1.807, 2.05) is 20.8 Å². The number of hydrogen-bond acceptors (Lipinski definition) is 5. The fourth-order valence-electron chi connectivity index (χ4n) is 2.84. The highest BCUT2D eigenvalue weighted by Crippen LogP contribution is 2.28. The van der Waals surface area contributed by atoms with Crippen LogP contribution in [0, 0.1) is 15.5 Å². The Morgan fingerprint density at radius 3 is 2.23 bits per heavy atom. The molecule has 26 heavy (non-hydrogen) atoms. The predicted molar refractivity (Wildman–Crippen MR) is 96.2 cm³/mol. The van der Waals surface area contributed by atoms with Gasteiger partial charge in [-0.05, 0) is 19.1 Å². The van der Waals surface area contributed by atoms with Crippen LogP contribution in [0.25, 0.3) is 0 Å². The topological polar surface area (TPSA) is 93.0 Å². The van der Waals surface area contributed by atoms with Crippen LogP contribution in [0.3, 0.4) is 0 Å². The number of piperazine rings is 1. The molecule has 142 valence electrons. The van der Waals surface area contributed by atoms with E-state index in [1.165, 1.54) is 18.2 Å². The smallest absolute Gasteiger partial charge is 0.311 e. The van der Waals surface area contributed by atoms with Gasteiger partial charge in [-0.1, -0.05) is 20.8 Å². The van der Waals surface area contributed by atoms with Crippen molar-refractivity contribution in [2.75, 3.05) is 32.8 Å². The van der Waals surface area contributed by atoms with Crippen LogP contribution >= 0.6 is 0 Å². The molecule has 1 aromatic rings. The summed E-state index contributed by atoms with van der Waals surface area (Å²) in [4.78, 5) is 39.0. The molecule has 1 heterocycles. The van der Waals surface area contributed by atoms with Crippen molar-refractivity contribution in [2.24, 2.45) is 5.41 Å². The number of amides is 2. The predicted octanol–water partition coefficient (Wildman–Crippen LogP) is 2.32. The zero-order chi connectivity index (χ0) is 19.5. The summed E-state index contributed by atoms with van der Waals surface area (Å²) in [6.45, 7) is 9.37. The average molecular weight is 363 g/mol. The van der Waals surface area contributed by atoms with Crippen LogP contribution < -0.4 is 4.74 Å². The van der Waals surface area contributed by atoms with E-state index >= 15 is 0 Å². The minimum atomic E-state index is -0.554. The molecule has 2 amide bonds. The van der Waals surface area contributed by atoms with Crippen molar-refractivity contribution in [3.63, 3.8) is 0 Å². The Morgan fingerprint density at radius 1 is 1.15 bits per heavy atom. The summed E-state index contributed by atoms with van der Waals surface area (Å²) in [6, 6.07) is 4.24. The van der Waals surface area contributed by atoms with Gasteiger partial charge in [-0.15, -0.1) is 0 Å². The van der Waals surface area contributed by atoms with Gasteiger partial charge in [0.15, 0.2) is 5.75 Å². The molecule has 0 radical (unpaired) electrons. The van der Waals surface area contributed by atoms with Crippen LogP contribution in [-0.2, 0) is 4.79 Å². The van der Waals surface area contributed by atoms with Gasteiger partial charge >= 0.3 is 5.69 Å². The normalized spacial score (nSPS) is 14.9. The summed E-state index contributed by atoms with van der Waals surface area (Å²) in [5, 5.41) is 11.2. The standard InChI is InChI=1S/C18H25N3O5/c1-5-26-15-7-6-13(12-14(15)21(24)25)16(22)19-8-10-20(11-9-19)17(23)18(2,3)4/h6-7,12H,5,8-11H2,1-4H3. The Bertz CT molecular complexity index is 703. The van der Waals surface area contributed by atoms with Crippen molar-refractivity contribution >= 4 is 17.5 Å². The summed E-state index contributed by atoms with van der Waals surface area (Å²) >= 11 is 0. The Morgan fingerprint density at radius 2 is 1.73 bits per heavy atom. The molecule has 0 saturated carbocycles. The molecule has 0 spiro atoms. The molecule has 1 aliphatic heterocycles. The minimum Gasteiger partial charge on any atom is -0.487 e. The van der Waals surface area contributed by atoms with Crippen LogP contribution in [0.2, 0.25) is 0 Å². The second-order valence-corrected chi connectivity index (χ2v) is 7.21. The molecule has 2 rings (SSSR count). The second-order valence-electron chi connectivity index (χ2n) is 7.21. The van der Waals surface area contributed by atoms with Crippen molar-refractivity contribution in [3.8, 4) is 5.75 Å².